The minimum atomic E-state index is -0.947. The van der Waals surface area contributed by atoms with Crippen molar-refractivity contribution < 1.29 is 23.8 Å². The Morgan fingerprint density at radius 3 is 2.53 bits per heavy atom. The Balaban J connectivity index is 2.40. The summed E-state index contributed by atoms with van der Waals surface area (Å²) in [6.45, 7) is 1.63. The molecule has 0 saturated heterocycles. The van der Waals surface area contributed by atoms with E-state index in [2.05, 4.69) is 4.74 Å². The molecule has 1 aliphatic carbocycles. The van der Waals surface area contributed by atoms with Gasteiger partial charge >= 0.3 is 11.9 Å². The molecule has 1 aromatic rings. The zero-order valence-electron chi connectivity index (χ0n) is 9.78. The van der Waals surface area contributed by atoms with Crippen LogP contribution in [-0.2, 0) is 14.9 Å². The highest BCUT2D eigenvalue weighted by Crippen LogP contribution is 2.45. The van der Waals surface area contributed by atoms with E-state index >= 15 is 0 Å². The Labute approximate surface area is 98.4 Å². The van der Waals surface area contributed by atoms with Crippen molar-refractivity contribution in [3.8, 4) is 0 Å². The second-order valence-corrected chi connectivity index (χ2v) is 4.31. The zero-order chi connectivity index (χ0) is 12.6. The molecule has 0 aliphatic heterocycles. The number of carbonyl (C=O) groups excluding carboxylic acids is 1. The number of hydrogen-bond acceptors (Lipinski definition) is 4. The van der Waals surface area contributed by atoms with Gasteiger partial charge in [0.1, 0.15) is 22.5 Å². The number of carboxylic acids is 1. The van der Waals surface area contributed by atoms with E-state index in [9.17, 15) is 14.7 Å². The first-order chi connectivity index (χ1) is 8.01. The minimum Gasteiger partial charge on any atom is -0.480 e. The number of carbonyl (C=O) groups is 2. The van der Waals surface area contributed by atoms with Crippen molar-refractivity contribution in [2.75, 3.05) is 7.11 Å². The van der Waals surface area contributed by atoms with Crippen LogP contribution in [0.1, 0.15) is 41.1 Å². The first-order valence-corrected chi connectivity index (χ1v) is 5.44. The van der Waals surface area contributed by atoms with Crippen LogP contribution in [0.3, 0.4) is 0 Å². The quantitative estimate of drug-likeness (QED) is 0.813. The number of rotatable bonds is 3. The molecule has 1 fully saturated rings. The summed E-state index contributed by atoms with van der Waals surface area (Å²) in [6, 6.07) is 1.49. The molecule has 5 heteroatoms. The maximum atomic E-state index is 11.4. The van der Waals surface area contributed by atoms with Gasteiger partial charge in [-0.15, -0.1) is 0 Å². The Hall–Kier alpha value is -1.78. The number of aliphatic carboxylic acids is 1. The van der Waals surface area contributed by atoms with Gasteiger partial charge in [-0.3, -0.25) is 4.79 Å². The van der Waals surface area contributed by atoms with Crippen LogP contribution in [0.4, 0.5) is 0 Å². The van der Waals surface area contributed by atoms with Crippen LogP contribution in [-0.4, -0.2) is 24.2 Å². The molecule has 92 valence electrons. The number of furan rings is 1. The van der Waals surface area contributed by atoms with E-state index in [0.717, 1.165) is 6.42 Å². The molecule has 5 nitrogen and oxygen atoms in total. The maximum absolute atomic E-state index is 11.4. The molecule has 0 spiro atoms. The molecule has 1 aliphatic rings. The van der Waals surface area contributed by atoms with Gasteiger partial charge in [-0.25, -0.2) is 4.79 Å². The summed E-state index contributed by atoms with van der Waals surface area (Å²) < 4.78 is 10.0. The molecule has 2 rings (SSSR count). The first-order valence-electron chi connectivity index (χ1n) is 5.44. The highest BCUT2D eigenvalue weighted by Gasteiger charge is 2.49. The van der Waals surface area contributed by atoms with E-state index in [1.54, 1.807) is 6.92 Å². The van der Waals surface area contributed by atoms with E-state index in [0.29, 0.717) is 29.9 Å². The summed E-state index contributed by atoms with van der Waals surface area (Å²) >= 11 is 0. The topological polar surface area (TPSA) is 76.7 Å². The summed E-state index contributed by atoms with van der Waals surface area (Å²) in [4.78, 5) is 22.7. The fourth-order valence-corrected chi connectivity index (χ4v) is 2.13. The third-order valence-corrected chi connectivity index (χ3v) is 3.41. The molecule has 1 heterocycles. The smallest absolute Gasteiger partial charge is 0.341 e. The molecule has 0 bridgehead atoms. The van der Waals surface area contributed by atoms with Crippen LogP contribution in [0, 0.1) is 6.92 Å². The Bertz CT molecular complexity index is 467. The predicted octanol–water partition coefficient (Wildman–Crippen LogP) is 1.88. The summed E-state index contributed by atoms with van der Waals surface area (Å²) in [5, 5.41) is 9.26. The number of esters is 1. The third kappa shape index (κ3) is 1.62. The second-order valence-electron chi connectivity index (χ2n) is 4.31. The third-order valence-electron chi connectivity index (χ3n) is 3.41. The van der Waals surface area contributed by atoms with Crippen LogP contribution in [0.15, 0.2) is 10.5 Å². The summed E-state index contributed by atoms with van der Waals surface area (Å²) in [7, 11) is 1.28. The highest BCUT2D eigenvalue weighted by molar-refractivity contribution is 5.91. The largest absolute Gasteiger partial charge is 0.480 e. The lowest BCUT2D eigenvalue weighted by Crippen LogP contribution is -2.41. The lowest BCUT2D eigenvalue weighted by Gasteiger charge is -2.35. The summed E-state index contributed by atoms with van der Waals surface area (Å²) in [6.07, 6.45) is 1.96. The SMILES string of the molecule is COC(=O)c1cc(C2(C(=O)O)CCC2)oc1C. The lowest BCUT2D eigenvalue weighted by molar-refractivity contribution is -0.148. The Morgan fingerprint density at radius 1 is 1.47 bits per heavy atom. The summed E-state index contributed by atoms with van der Waals surface area (Å²) in [5.74, 6) is -0.639. The van der Waals surface area contributed by atoms with E-state index in [4.69, 9.17) is 4.42 Å². The normalized spacial score (nSPS) is 17.3. The fraction of sp³-hybridized carbons (Fsp3) is 0.500. The standard InChI is InChI=1S/C12H14O5/c1-7-8(10(13)16-2)6-9(17-7)12(11(14)15)4-3-5-12/h6H,3-5H2,1-2H3,(H,14,15). The molecule has 0 atom stereocenters. The van der Waals surface area contributed by atoms with E-state index < -0.39 is 17.4 Å². The van der Waals surface area contributed by atoms with Crippen LogP contribution in [0.25, 0.3) is 0 Å². The van der Waals surface area contributed by atoms with E-state index in [1.807, 2.05) is 0 Å². The lowest BCUT2D eigenvalue weighted by atomic mass is 9.67. The van der Waals surface area contributed by atoms with Crippen molar-refractivity contribution in [2.24, 2.45) is 0 Å². The van der Waals surface area contributed by atoms with Crippen LogP contribution < -0.4 is 0 Å². The summed E-state index contributed by atoms with van der Waals surface area (Å²) in [5.41, 5.74) is -0.646. The molecule has 0 unspecified atom stereocenters. The van der Waals surface area contributed by atoms with Gasteiger partial charge in [-0.05, 0) is 25.8 Å². The molecular formula is C12H14O5. The molecule has 1 N–H and O–H groups in total. The van der Waals surface area contributed by atoms with Gasteiger partial charge in [0.2, 0.25) is 0 Å². The van der Waals surface area contributed by atoms with Crippen LogP contribution in [0.5, 0.6) is 0 Å². The minimum absolute atomic E-state index is 0.301. The predicted molar refractivity (Wildman–Crippen MR) is 57.9 cm³/mol. The number of hydrogen-bond donors (Lipinski definition) is 1. The second kappa shape index (κ2) is 3.91. The highest BCUT2D eigenvalue weighted by atomic mass is 16.5. The molecule has 0 radical (unpaired) electrons. The molecule has 0 aromatic carbocycles. The van der Waals surface area contributed by atoms with E-state index in [1.165, 1.54) is 13.2 Å². The van der Waals surface area contributed by atoms with E-state index in [-0.39, 0.29) is 0 Å². The van der Waals surface area contributed by atoms with Crippen LogP contribution in [0.2, 0.25) is 0 Å². The molecule has 0 amide bonds. The van der Waals surface area contributed by atoms with Gasteiger partial charge in [-0.2, -0.15) is 0 Å². The number of aryl methyl sites for hydroxylation is 1. The molecule has 1 saturated carbocycles. The van der Waals surface area contributed by atoms with Crippen molar-refractivity contribution in [3.05, 3.63) is 23.2 Å². The monoisotopic (exact) mass is 238 g/mol. The number of ether oxygens (including phenoxy) is 1. The van der Waals surface area contributed by atoms with Crippen molar-refractivity contribution in [1.29, 1.82) is 0 Å². The average molecular weight is 238 g/mol. The van der Waals surface area contributed by atoms with Gasteiger partial charge in [0.25, 0.3) is 0 Å². The van der Waals surface area contributed by atoms with Crippen molar-refractivity contribution in [1.82, 2.24) is 0 Å². The number of carboxylic acid groups (broad SMARTS) is 1. The van der Waals surface area contributed by atoms with Crippen LogP contribution >= 0.6 is 0 Å². The number of methoxy groups -OCH3 is 1. The van der Waals surface area contributed by atoms with Gasteiger partial charge in [0.15, 0.2) is 0 Å². The van der Waals surface area contributed by atoms with Gasteiger partial charge < -0.3 is 14.3 Å². The average Bonchev–Trinajstić information content (AvgIpc) is 2.57. The van der Waals surface area contributed by atoms with Crippen molar-refractivity contribution >= 4 is 11.9 Å². The van der Waals surface area contributed by atoms with Gasteiger partial charge in [-0.1, -0.05) is 6.42 Å². The van der Waals surface area contributed by atoms with Crippen molar-refractivity contribution in [3.63, 3.8) is 0 Å². The fourth-order valence-electron chi connectivity index (χ4n) is 2.13. The molecule has 1 aromatic heterocycles. The van der Waals surface area contributed by atoms with Gasteiger partial charge in [0.05, 0.1) is 7.11 Å². The Kier molecular flexibility index (Phi) is 2.69. The molecule has 17 heavy (non-hydrogen) atoms. The zero-order valence-corrected chi connectivity index (χ0v) is 9.78. The first kappa shape index (κ1) is 11.7. The van der Waals surface area contributed by atoms with Gasteiger partial charge in [0, 0.05) is 0 Å². The Morgan fingerprint density at radius 2 is 2.12 bits per heavy atom. The molecular weight excluding hydrogens is 224 g/mol. The maximum Gasteiger partial charge on any atom is 0.341 e. The van der Waals surface area contributed by atoms with Crippen molar-refractivity contribution in [2.45, 2.75) is 31.6 Å².